The topological polar surface area (TPSA) is 106 Å². The van der Waals surface area contributed by atoms with Crippen LogP contribution < -0.4 is 13.8 Å². The van der Waals surface area contributed by atoms with Crippen LogP contribution in [0.2, 0.25) is 0 Å². The number of pyridine rings is 1. The first-order valence-electron chi connectivity index (χ1n) is 11.0. The zero-order valence-corrected chi connectivity index (χ0v) is 19.7. The smallest absolute Gasteiger partial charge is 0.303 e. The number of rotatable bonds is 9. The van der Waals surface area contributed by atoms with Crippen LogP contribution in [0.1, 0.15) is 38.2 Å². The molecule has 1 aromatic heterocycles. The maximum Gasteiger partial charge on any atom is 0.303 e. The van der Waals surface area contributed by atoms with Gasteiger partial charge < -0.3 is 14.6 Å². The quantitative estimate of drug-likeness (QED) is 0.466. The van der Waals surface area contributed by atoms with Crippen LogP contribution in [0.5, 0.6) is 17.4 Å². The van der Waals surface area contributed by atoms with Gasteiger partial charge >= 0.3 is 5.97 Å². The zero-order chi connectivity index (χ0) is 24.3. The third-order valence-electron chi connectivity index (χ3n) is 5.44. The number of aromatic nitrogens is 1. The highest BCUT2D eigenvalue weighted by atomic mass is 32.2. The summed E-state index contributed by atoms with van der Waals surface area (Å²) in [7, 11) is -3.92. The Morgan fingerprint density at radius 3 is 2.53 bits per heavy atom. The summed E-state index contributed by atoms with van der Waals surface area (Å²) in [4.78, 5) is 15.4. The van der Waals surface area contributed by atoms with Gasteiger partial charge in [0.15, 0.2) is 0 Å². The number of nitrogens with zero attached hydrogens (tertiary/aromatic N) is 2. The Labute approximate surface area is 198 Å². The molecule has 0 saturated carbocycles. The van der Waals surface area contributed by atoms with Gasteiger partial charge in [0.05, 0.1) is 18.0 Å². The van der Waals surface area contributed by atoms with E-state index in [4.69, 9.17) is 14.6 Å². The van der Waals surface area contributed by atoms with E-state index in [1.165, 1.54) is 22.6 Å². The molecule has 0 aliphatic carbocycles. The first kappa shape index (κ1) is 23.6. The molecular weight excluding hydrogens is 456 g/mol. The molecule has 0 bridgehead atoms. The Hall–Kier alpha value is -3.59. The second-order valence-electron chi connectivity index (χ2n) is 8.30. The van der Waals surface area contributed by atoms with Gasteiger partial charge in [0.2, 0.25) is 5.88 Å². The molecule has 1 aliphatic heterocycles. The van der Waals surface area contributed by atoms with Gasteiger partial charge in [0, 0.05) is 24.9 Å². The zero-order valence-electron chi connectivity index (χ0n) is 18.9. The van der Waals surface area contributed by atoms with Crippen molar-refractivity contribution in [1.82, 2.24) is 4.98 Å². The highest BCUT2D eigenvalue weighted by molar-refractivity contribution is 7.92. The summed E-state index contributed by atoms with van der Waals surface area (Å²) in [6.45, 7) is 3.96. The number of sulfonamides is 1. The van der Waals surface area contributed by atoms with Crippen LogP contribution in [0.4, 0.5) is 5.69 Å². The molecule has 8 nitrogen and oxygen atoms in total. The van der Waals surface area contributed by atoms with Crippen LogP contribution in [0.15, 0.2) is 71.8 Å². The maximum absolute atomic E-state index is 13.5. The summed E-state index contributed by atoms with van der Waals surface area (Å²) in [5, 5.41) is 9.15. The molecule has 1 atom stereocenters. The standard InChI is InChI=1S/C25H26N2O6S/c1-17(2)32-20-9-11-23-22(14-20)18(8-13-25(28)29)16-27(23)34(30,31)21-10-12-24(26-15-21)33-19-6-4-3-5-7-19/h3-7,9-12,14-15,17-18H,8,13,16H2,1-2H3,(H,28,29). The average Bonchev–Trinajstić information content (AvgIpc) is 3.17. The van der Waals surface area contributed by atoms with Gasteiger partial charge in [0.25, 0.3) is 10.0 Å². The van der Waals surface area contributed by atoms with Crippen LogP contribution in [0.3, 0.4) is 0 Å². The molecule has 1 unspecified atom stereocenters. The summed E-state index contributed by atoms with van der Waals surface area (Å²) in [5.41, 5.74) is 1.29. The highest BCUT2D eigenvalue weighted by Gasteiger charge is 2.37. The molecule has 1 N–H and O–H groups in total. The van der Waals surface area contributed by atoms with Gasteiger partial charge in [-0.1, -0.05) is 18.2 Å². The fraction of sp³-hybridized carbons (Fsp3) is 0.280. The van der Waals surface area contributed by atoms with Crippen molar-refractivity contribution in [3.05, 3.63) is 72.4 Å². The van der Waals surface area contributed by atoms with E-state index in [0.29, 0.717) is 23.6 Å². The maximum atomic E-state index is 13.5. The van der Waals surface area contributed by atoms with E-state index in [2.05, 4.69) is 4.98 Å². The lowest BCUT2D eigenvalue weighted by Gasteiger charge is -2.20. The third kappa shape index (κ3) is 5.14. The Morgan fingerprint density at radius 2 is 1.88 bits per heavy atom. The van der Waals surface area contributed by atoms with Gasteiger partial charge in [-0.3, -0.25) is 9.10 Å². The number of benzene rings is 2. The van der Waals surface area contributed by atoms with Gasteiger partial charge in [-0.05, 0) is 62.2 Å². The number of aliphatic carboxylic acids is 1. The highest BCUT2D eigenvalue weighted by Crippen LogP contribution is 2.43. The van der Waals surface area contributed by atoms with Crippen LogP contribution in [-0.2, 0) is 14.8 Å². The van der Waals surface area contributed by atoms with Crippen LogP contribution in [-0.4, -0.2) is 37.1 Å². The number of ether oxygens (including phenoxy) is 2. The van der Waals surface area contributed by atoms with E-state index in [9.17, 15) is 13.2 Å². The molecule has 2 heterocycles. The van der Waals surface area contributed by atoms with E-state index >= 15 is 0 Å². The molecule has 0 saturated heterocycles. The largest absolute Gasteiger partial charge is 0.491 e. The van der Waals surface area contributed by atoms with E-state index in [1.54, 1.807) is 24.3 Å². The fourth-order valence-electron chi connectivity index (χ4n) is 3.92. The molecule has 0 amide bonds. The Kier molecular flexibility index (Phi) is 6.74. The molecule has 1 aliphatic rings. The normalized spacial score (nSPS) is 15.3. The van der Waals surface area contributed by atoms with Crippen molar-refractivity contribution in [3.63, 3.8) is 0 Å². The lowest BCUT2D eigenvalue weighted by molar-refractivity contribution is -0.137. The second-order valence-corrected chi connectivity index (χ2v) is 10.2. The number of anilines is 1. The number of carboxylic acid groups (broad SMARTS) is 1. The third-order valence-corrected chi connectivity index (χ3v) is 7.20. The first-order chi connectivity index (χ1) is 16.2. The van der Waals surface area contributed by atoms with E-state index in [0.717, 1.165) is 5.56 Å². The molecule has 0 radical (unpaired) electrons. The Morgan fingerprint density at radius 1 is 1.12 bits per heavy atom. The number of para-hydroxylation sites is 1. The van der Waals surface area contributed by atoms with Crippen LogP contribution in [0.25, 0.3) is 0 Å². The van der Waals surface area contributed by atoms with Gasteiger partial charge in [-0.15, -0.1) is 0 Å². The predicted molar refractivity (Wildman–Crippen MR) is 127 cm³/mol. The number of fused-ring (bicyclic) bond motifs is 1. The van der Waals surface area contributed by atoms with Crippen molar-refractivity contribution < 1.29 is 27.8 Å². The molecule has 2 aromatic carbocycles. The minimum Gasteiger partial charge on any atom is -0.491 e. The van der Waals surface area contributed by atoms with Crippen molar-refractivity contribution in [2.75, 3.05) is 10.8 Å². The van der Waals surface area contributed by atoms with Crippen molar-refractivity contribution >= 4 is 21.7 Å². The van der Waals surface area contributed by atoms with Crippen LogP contribution >= 0.6 is 0 Å². The Balaban J connectivity index is 1.61. The number of hydrogen-bond acceptors (Lipinski definition) is 6. The molecule has 178 valence electrons. The molecule has 9 heteroatoms. The number of hydrogen-bond donors (Lipinski definition) is 1. The fourth-order valence-corrected chi connectivity index (χ4v) is 5.40. The molecule has 4 rings (SSSR count). The molecular formula is C25H26N2O6S. The molecule has 3 aromatic rings. The molecule has 0 spiro atoms. The first-order valence-corrected chi connectivity index (χ1v) is 12.4. The summed E-state index contributed by atoms with van der Waals surface area (Å²) < 4.78 is 39.8. The lowest BCUT2D eigenvalue weighted by Crippen LogP contribution is -2.30. The van der Waals surface area contributed by atoms with Crippen LogP contribution in [0, 0.1) is 0 Å². The summed E-state index contributed by atoms with van der Waals surface area (Å²) in [6, 6.07) is 17.3. The van der Waals surface area contributed by atoms with E-state index in [-0.39, 0.29) is 35.8 Å². The van der Waals surface area contributed by atoms with Crippen molar-refractivity contribution in [1.29, 1.82) is 0 Å². The van der Waals surface area contributed by atoms with Crippen molar-refractivity contribution in [3.8, 4) is 17.4 Å². The summed E-state index contributed by atoms with van der Waals surface area (Å²) >= 11 is 0. The predicted octanol–water partition coefficient (Wildman–Crippen LogP) is 4.82. The minimum atomic E-state index is -3.92. The number of carbonyl (C=O) groups is 1. The molecule has 34 heavy (non-hydrogen) atoms. The Bertz CT molecular complexity index is 1260. The summed E-state index contributed by atoms with van der Waals surface area (Å²) in [6.07, 6.45) is 1.50. The minimum absolute atomic E-state index is 0.0280. The van der Waals surface area contributed by atoms with E-state index < -0.39 is 16.0 Å². The van der Waals surface area contributed by atoms with Crippen molar-refractivity contribution in [2.45, 2.75) is 43.6 Å². The average molecular weight is 483 g/mol. The lowest BCUT2D eigenvalue weighted by atomic mass is 9.96. The number of carboxylic acids is 1. The van der Waals surface area contributed by atoms with Gasteiger partial charge in [-0.25, -0.2) is 13.4 Å². The van der Waals surface area contributed by atoms with Gasteiger partial charge in [0.1, 0.15) is 16.4 Å². The second kappa shape index (κ2) is 9.72. The SMILES string of the molecule is CC(C)Oc1ccc2c(c1)C(CCC(=O)O)CN2S(=O)(=O)c1ccc(Oc2ccccc2)nc1. The van der Waals surface area contributed by atoms with Crippen molar-refractivity contribution in [2.24, 2.45) is 0 Å². The van der Waals surface area contributed by atoms with Gasteiger partial charge in [-0.2, -0.15) is 0 Å². The summed E-state index contributed by atoms with van der Waals surface area (Å²) in [5.74, 6) is 0.319. The molecule has 0 fully saturated rings. The van der Waals surface area contributed by atoms with E-state index in [1.807, 2.05) is 38.1 Å². The monoisotopic (exact) mass is 482 g/mol.